The minimum absolute atomic E-state index is 0.250. The molecular formula is C12H17BrN2. The van der Waals surface area contributed by atoms with Crippen molar-refractivity contribution in [3.05, 3.63) is 28.0 Å². The van der Waals surface area contributed by atoms with Gasteiger partial charge in [0.2, 0.25) is 0 Å². The molecule has 3 heteroatoms. The summed E-state index contributed by atoms with van der Waals surface area (Å²) in [7, 11) is 0. The molecule has 1 aliphatic rings. The summed E-state index contributed by atoms with van der Waals surface area (Å²) in [5.74, 6) is 0. The van der Waals surface area contributed by atoms with Gasteiger partial charge in [-0.1, -0.05) is 0 Å². The van der Waals surface area contributed by atoms with Crippen LogP contribution in [-0.4, -0.2) is 22.0 Å². The number of halogens is 1. The number of fused-ring (bicyclic) bond motifs is 1. The first-order chi connectivity index (χ1) is 6.97. The Balaban J connectivity index is 2.26. The predicted molar refractivity (Wildman–Crippen MR) is 65.8 cm³/mol. The number of aromatic nitrogens is 1. The van der Waals surface area contributed by atoms with Crippen molar-refractivity contribution in [3.8, 4) is 0 Å². The smallest absolute Gasteiger partial charge is 0.0462 e. The van der Waals surface area contributed by atoms with E-state index in [1.807, 2.05) is 6.20 Å². The van der Waals surface area contributed by atoms with Gasteiger partial charge in [0.15, 0.2) is 0 Å². The van der Waals surface area contributed by atoms with Crippen LogP contribution in [0.5, 0.6) is 0 Å². The monoisotopic (exact) mass is 268 g/mol. The number of hydrogen-bond acceptors (Lipinski definition) is 2. The number of rotatable bonds is 0. The maximum atomic E-state index is 4.46. The Morgan fingerprint density at radius 2 is 2.13 bits per heavy atom. The Hall–Kier alpha value is -0.410. The molecule has 1 aromatic heterocycles. The lowest BCUT2D eigenvalue weighted by molar-refractivity contribution is 0.119. The minimum atomic E-state index is 0.250. The van der Waals surface area contributed by atoms with Gasteiger partial charge in [0, 0.05) is 41.4 Å². The van der Waals surface area contributed by atoms with Crippen molar-refractivity contribution in [2.24, 2.45) is 0 Å². The summed E-state index contributed by atoms with van der Waals surface area (Å²) in [5, 5.41) is 0. The standard InChI is InChI=1S/C12H17BrN2/c1-12(2,3)15-5-4-11-9(8-15)6-10(13)7-14-11/h6-7H,4-5,8H2,1-3H3. The molecule has 0 unspecified atom stereocenters. The molecule has 0 radical (unpaired) electrons. The van der Waals surface area contributed by atoms with Crippen LogP contribution < -0.4 is 0 Å². The molecule has 2 rings (SSSR count). The molecule has 0 atom stereocenters. The second-order valence-electron chi connectivity index (χ2n) is 5.10. The summed E-state index contributed by atoms with van der Waals surface area (Å²) >= 11 is 3.48. The highest BCUT2D eigenvalue weighted by atomic mass is 79.9. The first-order valence-corrected chi connectivity index (χ1v) is 6.14. The van der Waals surface area contributed by atoms with Crippen LogP contribution in [0.25, 0.3) is 0 Å². The quantitative estimate of drug-likeness (QED) is 0.719. The predicted octanol–water partition coefficient (Wildman–Crippen LogP) is 3.00. The summed E-state index contributed by atoms with van der Waals surface area (Å²) < 4.78 is 1.08. The summed E-state index contributed by atoms with van der Waals surface area (Å²) in [6.07, 6.45) is 2.96. The lowest BCUT2D eigenvalue weighted by atomic mass is 9.99. The summed E-state index contributed by atoms with van der Waals surface area (Å²) in [4.78, 5) is 6.97. The van der Waals surface area contributed by atoms with Gasteiger partial charge in [0.25, 0.3) is 0 Å². The van der Waals surface area contributed by atoms with Crippen LogP contribution in [0.3, 0.4) is 0 Å². The van der Waals surface area contributed by atoms with Crippen LogP contribution in [0, 0.1) is 0 Å². The summed E-state index contributed by atoms with van der Waals surface area (Å²) in [6.45, 7) is 8.94. The van der Waals surface area contributed by atoms with E-state index in [0.29, 0.717) is 0 Å². The first kappa shape index (κ1) is 11.1. The van der Waals surface area contributed by atoms with Crippen LogP contribution in [0.1, 0.15) is 32.0 Å². The molecule has 0 aliphatic carbocycles. The van der Waals surface area contributed by atoms with Crippen LogP contribution in [-0.2, 0) is 13.0 Å². The molecule has 0 saturated heterocycles. The Morgan fingerprint density at radius 1 is 1.40 bits per heavy atom. The third-order valence-electron chi connectivity index (χ3n) is 2.95. The van der Waals surface area contributed by atoms with E-state index in [9.17, 15) is 0 Å². The molecule has 1 aliphatic heterocycles. The number of hydrogen-bond donors (Lipinski definition) is 0. The lowest BCUT2D eigenvalue weighted by Crippen LogP contribution is -2.44. The molecule has 15 heavy (non-hydrogen) atoms. The lowest BCUT2D eigenvalue weighted by Gasteiger charge is -2.38. The van der Waals surface area contributed by atoms with Gasteiger partial charge in [0.05, 0.1) is 0 Å². The van der Waals surface area contributed by atoms with Crippen LogP contribution in [0.2, 0.25) is 0 Å². The van der Waals surface area contributed by atoms with Crippen molar-refractivity contribution < 1.29 is 0 Å². The zero-order valence-electron chi connectivity index (χ0n) is 9.55. The highest BCUT2D eigenvalue weighted by molar-refractivity contribution is 9.10. The van der Waals surface area contributed by atoms with Gasteiger partial charge in [-0.3, -0.25) is 9.88 Å². The third-order valence-corrected chi connectivity index (χ3v) is 3.39. The normalized spacial score (nSPS) is 17.6. The van der Waals surface area contributed by atoms with Crippen LogP contribution >= 0.6 is 15.9 Å². The van der Waals surface area contributed by atoms with Gasteiger partial charge >= 0.3 is 0 Å². The molecule has 82 valence electrons. The fourth-order valence-corrected chi connectivity index (χ4v) is 2.35. The Bertz CT molecular complexity index is 368. The van der Waals surface area contributed by atoms with Crippen molar-refractivity contribution in [1.29, 1.82) is 0 Å². The van der Waals surface area contributed by atoms with Crippen LogP contribution in [0.4, 0.5) is 0 Å². The van der Waals surface area contributed by atoms with E-state index in [4.69, 9.17) is 0 Å². The molecular weight excluding hydrogens is 252 g/mol. The molecule has 2 nitrogen and oxygen atoms in total. The average Bonchev–Trinajstić information content (AvgIpc) is 2.15. The van der Waals surface area contributed by atoms with E-state index >= 15 is 0 Å². The van der Waals surface area contributed by atoms with E-state index in [0.717, 1.165) is 24.0 Å². The molecule has 2 heterocycles. The Kier molecular flexibility index (Phi) is 2.86. The van der Waals surface area contributed by atoms with E-state index < -0.39 is 0 Å². The second kappa shape index (κ2) is 3.87. The highest BCUT2D eigenvalue weighted by Gasteiger charge is 2.26. The van der Waals surface area contributed by atoms with Gasteiger partial charge < -0.3 is 0 Å². The fraction of sp³-hybridized carbons (Fsp3) is 0.583. The summed E-state index contributed by atoms with van der Waals surface area (Å²) in [6, 6.07) is 2.19. The highest BCUT2D eigenvalue weighted by Crippen LogP contribution is 2.25. The van der Waals surface area contributed by atoms with Crippen molar-refractivity contribution in [1.82, 2.24) is 9.88 Å². The topological polar surface area (TPSA) is 16.1 Å². The molecule has 0 N–H and O–H groups in total. The minimum Gasteiger partial charge on any atom is -0.294 e. The Morgan fingerprint density at radius 3 is 2.80 bits per heavy atom. The third kappa shape index (κ3) is 2.40. The Labute approximate surface area is 99.8 Å². The van der Waals surface area contributed by atoms with Gasteiger partial charge in [-0.05, 0) is 48.3 Å². The van der Waals surface area contributed by atoms with Gasteiger partial charge in [-0.25, -0.2) is 0 Å². The second-order valence-corrected chi connectivity index (χ2v) is 6.02. The first-order valence-electron chi connectivity index (χ1n) is 5.35. The van der Waals surface area contributed by atoms with Crippen LogP contribution in [0.15, 0.2) is 16.7 Å². The van der Waals surface area contributed by atoms with Crippen molar-refractivity contribution in [2.75, 3.05) is 6.54 Å². The van der Waals surface area contributed by atoms with Gasteiger partial charge in [-0.2, -0.15) is 0 Å². The van der Waals surface area contributed by atoms with Gasteiger partial charge in [-0.15, -0.1) is 0 Å². The molecule has 1 aromatic rings. The SMILES string of the molecule is CC(C)(C)N1CCc2ncc(Br)cc2C1. The maximum Gasteiger partial charge on any atom is 0.0462 e. The molecule has 0 spiro atoms. The van der Waals surface area contributed by atoms with E-state index in [1.165, 1.54) is 11.3 Å². The largest absolute Gasteiger partial charge is 0.294 e. The van der Waals surface area contributed by atoms with Gasteiger partial charge in [0.1, 0.15) is 0 Å². The maximum absolute atomic E-state index is 4.46. The zero-order chi connectivity index (χ0) is 11.1. The van der Waals surface area contributed by atoms with Crippen molar-refractivity contribution >= 4 is 15.9 Å². The summed E-state index contributed by atoms with van der Waals surface area (Å²) in [5.41, 5.74) is 2.88. The molecule has 0 bridgehead atoms. The fourth-order valence-electron chi connectivity index (χ4n) is 1.97. The zero-order valence-corrected chi connectivity index (χ0v) is 11.1. The molecule has 0 fully saturated rings. The molecule has 0 aromatic carbocycles. The van der Waals surface area contributed by atoms with E-state index in [-0.39, 0.29) is 5.54 Å². The van der Waals surface area contributed by atoms with Crippen molar-refractivity contribution in [2.45, 2.75) is 39.3 Å². The molecule has 0 amide bonds. The van der Waals surface area contributed by atoms with E-state index in [2.05, 4.69) is 52.7 Å². The number of pyridine rings is 1. The number of nitrogens with zero attached hydrogens (tertiary/aromatic N) is 2. The molecule has 0 saturated carbocycles. The van der Waals surface area contributed by atoms with Crippen molar-refractivity contribution in [3.63, 3.8) is 0 Å². The average molecular weight is 269 g/mol. The van der Waals surface area contributed by atoms with E-state index in [1.54, 1.807) is 0 Å².